The molecule has 6 heteroatoms. The molecule has 0 saturated carbocycles. The zero-order valence-electron chi connectivity index (χ0n) is 8.93. The van der Waals surface area contributed by atoms with Crippen LogP contribution >= 0.6 is 22.6 Å². The molecule has 0 amide bonds. The van der Waals surface area contributed by atoms with Crippen molar-refractivity contribution in [3.05, 3.63) is 51.5 Å². The third-order valence-corrected chi connectivity index (χ3v) is 3.00. The first kappa shape index (κ1) is 12.7. The van der Waals surface area contributed by atoms with Gasteiger partial charge in [0.05, 0.1) is 9.13 Å². The Morgan fingerprint density at radius 2 is 2.17 bits per heavy atom. The normalized spacial score (nSPS) is 10.1. The molecular formula is C12H7FINO3. The van der Waals surface area contributed by atoms with Gasteiger partial charge in [-0.2, -0.15) is 0 Å². The summed E-state index contributed by atoms with van der Waals surface area (Å²) in [4.78, 5) is 14.6. The van der Waals surface area contributed by atoms with E-state index in [-0.39, 0.29) is 17.2 Å². The van der Waals surface area contributed by atoms with Gasteiger partial charge in [-0.3, -0.25) is 0 Å². The molecule has 0 radical (unpaired) electrons. The largest absolute Gasteiger partial charge is 0.478 e. The highest BCUT2D eigenvalue weighted by atomic mass is 127. The SMILES string of the molecule is O=C(O)c1ccc(I)c(Oc2ncccc2F)c1. The molecule has 4 nitrogen and oxygen atoms in total. The van der Waals surface area contributed by atoms with Gasteiger partial charge in [-0.1, -0.05) is 0 Å². The smallest absolute Gasteiger partial charge is 0.335 e. The van der Waals surface area contributed by atoms with Gasteiger partial charge < -0.3 is 9.84 Å². The number of hydrogen-bond donors (Lipinski definition) is 1. The van der Waals surface area contributed by atoms with Crippen molar-refractivity contribution in [2.75, 3.05) is 0 Å². The van der Waals surface area contributed by atoms with Gasteiger partial charge in [0, 0.05) is 6.20 Å². The summed E-state index contributed by atoms with van der Waals surface area (Å²) in [6, 6.07) is 7.03. The molecule has 0 fully saturated rings. The van der Waals surface area contributed by atoms with E-state index in [1.54, 1.807) is 6.07 Å². The van der Waals surface area contributed by atoms with E-state index in [0.29, 0.717) is 3.57 Å². The second kappa shape index (κ2) is 5.30. The number of halogens is 2. The molecule has 1 heterocycles. The van der Waals surface area contributed by atoms with Gasteiger partial charge in [0.1, 0.15) is 5.75 Å². The Hall–Kier alpha value is -1.70. The van der Waals surface area contributed by atoms with Crippen LogP contribution in [0.2, 0.25) is 0 Å². The minimum atomic E-state index is -1.07. The fraction of sp³-hybridized carbons (Fsp3) is 0. The van der Waals surface area contributed by atoms with Gasteiger partial charge in [0.15, 0.2) is 5.82 Å². The van der Waals surface area contributed by atoms with Crippen LogP contribution in [0.5, 0.6) is 11.6 Å². The first-order chi connectivity index (χ1) is 8.58. The number of pyridine rings is 1. The van der Waals surface area contributed by atoms with Crippen LogP contribution in [0.15, 0.2) is 36.5 Å². The molecule has 0 unspecified atom stereocenters. The third kappa shape index (κ3) is 2.76. The molecule has 0 aliphatic rings. The highest BCUT2D eigenvalue weighted by Crippen LogP contribution is 2.28. The van der Waals surface area contributed by atoms with Crippen LogP contribution in [-0.4, -0.2) is 16.1 Å². The second-order valence-electron chi connectivity index (χ2n) is 3.34. The third-order valence-electron chi connectivity index (χ3n) is 2.11. The maximum atomic E-state index is 13.4. The summed E-state index contributed by atoms with van der Waals surface area (Å²) >= 11 is 1.97. The van der Waals surface area contributed by atoms with E-state index in [9.17, 15) is 9.18 Å². The maximum Gasteiger partial charge on any atom is 0.335 e. The van der Waals surface area contributed by atoms with Crippen LogP contribution in [-0.2, 0) is 0 Å². The van der Waals surface area contributed by atoms with Crippen LogP contribution in [0.4, 0.5) is 4.39 Å². The number of hydrogen-bond acceptors (Lipinski definition) is 3. The molecular weight excluding hydrogens is 352 g/mol. The van der Waals surface area contributed by atoms with Crippen LogP contribution in [0.25, 0.3) is 0 Å². The predicted octanol–water partition coefficient (Wildman–Crippen LogP) is 3.32. The van der Waals surface area contributed by atoms with E-state index < -0.39 is 11.8 Å². The Bertz CT molecular complexity index is 604. The van der Waals surface area contributed by atoms with E-state index in [1.165, 1.54) is 30.5 Å². The minimum absolute atomic E-state index is 0.0711. The zero-order valence-corrected chi connectivity index (χ0v) is 11.1. The average molecular weight is 359 g/mol. The van der Waals surface area contributed by atoms with Crippen molar-refractivity contribution in [2.24, 2.45) is 0 Å². The molecule has 0 bridgehead atoms. The lowest BCUT2D eigenvalue weighted by Gasteiger charge is -2.08. The average Bonchev–Trinajstić information content (AvgIpc) is 2.34. The first-order valence-corrected chi connectivity index (χ1v) is 5.97. The molecule has 1 aromatic heterocycles. The summed E-state index contributed by atoms with van der Waals surface area (Å²) in [6.07, 6.45) is 1.40. The highest BCUT2D eigenvalue weighted by molar-refractivity contribution is 14.1. The number of nitrogens with zero attached hydrogens (tertiary/aromatic N) is 1. The van der Waals surface area contributed by atoms with Gasteiger partial charge >= 0.3 is 5.97 Å². The monoisotopic (exact) mass is 359 g/mol. The van der Waals surface area contributed by atoms with Crippen molar-refractivity contribution < 1.29 is 19.0 Å². The Labute approximate surface area is 116 Å². The van der Waals surface area contributed by atoms with Crippen molar-refractivity contribution >= 4 is 28.6 Å². The van der Waals surface area contributed by atoms with Crippen LogP contribution in [0.1, 0.15) is 10.4 Å². The number of benzene rings is 1. The number of carbonyl (C=O) groups is 1. The fourth-order valence-corrected chi connectivity index (χ4v) is 1.71. The molecule has 0 atom stereocenters. The molecule has 0 aliphatic heterocycles. The van der Waals surface area contributed by atoms with E-state index in [1.807, 2.05) is 22.6 Å². The molecule has 92 valence electrons. The second-order valence-corrected chi connectivity index (χ2v) is 4.50. The van der Waals surface area contributed by atoms with Gasteiger partial charge in [0.2, 0.25) is 0 Å². The van der Waals surface area contributed by atoms with Gasteiger partial charge in [-0.25, -0.2) is 14.2 Å². The number of ether oxygens (including phenoxy) is 1. The maximum absolute atomic E-state index is 13.4. The summed E-state index contributed by atoms with van der Waals surface area (Å²) < 4.78 is 19.3. The molecule has 18 heavy (non-hydrogen) atoms. The minimum Gasteiger partial charge on any atom is -0.478 e. The van der Waals surface area contributed by atoms with Crippen molar-refractivity contribution in [3.8, 4) is 11.6 Å². The predicted molar refractivity (Wildman–Crippen MR) is 70.4 cm³/mol. The number of carboxylic acids is 1. The molecule has 1 N–H and O–H groups in total. The number of aromatic nitrogens is 1. The van der Waals surface area contributed by atoms with Crippen molar-refractivity contribution in [3.63, 3.8) is 0 Å². The zero-order chi connectivity index (χ0) is 13.1. The van der Waals surface area contributed by atoms with Crippen LogP contribution in [0, 0.1) is 9.39 Å². The molecule has 2 aromatic rings. The lowest BCUT2D eigenvalue weighted by atomic mass is 10.2. The van der Waals surface area contributed by atoms with Crippen LogP contribution < -0.4 is 4.74 Å². The van der Waals surface area contributed by atoms with Crippen LogP contribution in [0.3, 0.4) is 0 Å². The molecule has 2 rings (SSSR count). The summed E-state index contributed by atoms with van der Waals surface area (Å²) in [6.45, 7) is 0. The lowest BCUT2D eigenvalue weighted by Crippen LogP contribution is -1.99. The van der Waals surface area contributed by atoms with E-state index in [4.69, 9.17) is 9.84 Å². The molecule has 0 aliphatic carbocycles. The Morgan fingerprint density at radius 3 is 2.83 bits per heavy atom. The van der Waals surface area contributed by atoms with E-state index in [2.05, 4.69) is 4.98 Å². The molecule has 1 aromatic carbocycles. The first-order valence-electron chi connectivity index (χ1n) is 4.89. The standard InChI is InChI=1S/C12H7FINO3/c13-8-2-1-5-15-11(8)18-10-6-7(12(16)17)3-4-9(10)14/h1-6H,(H,16,17). The summed E-state index contributed by atoms with van der Waals surface area (Å²) in [5.74, 6) is -1.60. The van der Waals surface area contributed by atoms with E-state index >= 15 is 0 Å². The van der Waals surface area contributed by atoms with E-state index in [0.717, 1.165) is 0 Å². The molecule has 0 spiro atoms. The van der Waals surface area contributed by atoms with Gasteiger partial charge in [0.25, 0.3) is 5.88 Å². The van der Waals surface area contributed by atoms with Crippen molar-refractivity contribution in [2.45, 2.75) is 0 Å². The fourth-order valence-electron chi connectivity index (χ4n) is 1.27. The van der Waals surface area contributed by atoms with Gasteiger partial charge in [-0.15, -0.1) is 0 Å². The Kier molecular flexibility index (Phi) is 3.75. The number of rotatable bonds is 3. The Morgan fingerprint density at radius 1 is 1.39 bits per heavy atom. The highest BCUT2D eigenvalue weighted by Gasteiger charge is 2.11. The quantitative estimate of drug-likeness (QED) is 0.855. The topological polar surface area (TPSA) is 59.4 Å². The van der Waals surface area contributed by atoms with Gasteiger partial charge in [-0.05, 0) is 52.9 Å². The number of aromatic carboxylic acids is 1. The summed E-state index contributed by atoms with van der Waals surface area (Å²) in [7, 11) is 0. The summed E-state index contributed by atoms with van der Waals surface area (Å²) in [5, 5.41) is 8.87. The Balaban J connectivity index is 2.37. The van der Waals surface area contributed by atoms with Crippen molar-refractivity contribution in [1.29, 1.82) is 0 Å². The number of carboxylic acid groups (broad SMARTS) is 1. The molecule has 0 saturated heterocycles. The van der Waals surface area contributed by atoms with Crippen molar-refractivity contribution in [1.82, 2.24) is 4.98 Å². The lowest BCUT2D eigenvalue weighted by molar-refractivity contribution is 0.0696. The summed E-state index contributed by atoms with van der Waals surface area (Å²) in [5.41, 5.74) is 0.0711.